The number of benzene rings is 1. The minimum absolute atomic E-state index is 0.0389. The van der Waals surface area contributed by atoms with Gasteiger partial charge in [0.2, 0.25) is 0 Å². The van der Waals surface area contributed by atoms with E-state index in [0.717, 1.165) is 18.4 Å². The number of hydrogen-bond acceptors (Lipinski definition) is 4. The molecule has 0 spiro atoms. The molecule has 0 aliphatic heterocycles. The predicted molar refractivity (Wildman–Crippen MR) is 146 cm³/mol. The lowest BCUT2D eigenvalue weighted by Crippen LogP contribution is -2.43. The molecule has 1 heterocycles. The van der Waals surface area contributed by atoms with Gasteiger partial charge in [-0.25, -0.2) is 4.98 Å². The second kappa shape index (κ2) is 10.1. The van der Waals surface area contributed by atoms with E-state index in [0.29, 0.717) is 41.7 Å². The van der Waals surface area contributed by atoms with E-state index < -0.39 is 8.32 Å². The highest BCUT2D eigenvalue weighted by Crippen LogP contribution is 2.58. The lowest BCUT2D eigenvalue weighted by molar-refractivity contribution is 0.0948. The Morgan fingerprint density at radius 2 is 1.72 bits per heavy atom. The third kappa shape index (κ3) is 5.57. The zero-order valence-electron chi connectivity index (χ0n) is 22.7. The second-order valence-corrected chi connectivity index (χ2v) is 16.8. The van der Waals surface area contributed by atoms with Crippen LogP contribution in [0.4, 0.5) is 0 Å². The predicted octanol–water partition coefficient (Wildman–Crippen LogP) is 5.37. The Bertz CT molecular complexity index is 1100. The molecule has 1 unspecified atom stereocenters. The standard InChI is InChI=1S/C29H41N3O3Si/c1-18(19-11-9-8-10-12-19)25-13-20(14-26(32-25)28(34)30-5)27(33)31-17-24-22-15-21(16-23(22)24)35-36(6,7)29(2,3)4/h8-14,18,21-24H,15-17H2,1-7H3,(H,30,34)(H,31,33)/t18-,21?,22-,23+,24+/m0/s1. The van der Waals surface area contributed by atoms with Crippen LogP contribution in [-0.4, -0.2) is 44.8 Å². The van der Waals surface area contributed by atoms with Crippen LogP contribution in [0.5, 0.6) is 0 Å². The molecule has 36 heavy (non-hydrogen) atoms. The molecule has 2 aromatic rings. The Kier molecular flexibility index (Phi) is 7.44. The third-order valence-electron chi connectivity index (χ3n) is 8.66. The van der Waals surface area contributed by atoms with Crippen molar-refractivity contribution in [3.8, 4) is 0 Å². The van der Waals surface area contributed by atoms with E-state index in [1.165, 1.54) is 0 Å². The molecular weight excluding hydrogens is 466 g/mol. The fraction of sp³-hybridized carbons (Fsp3) is 0.552. The molecule has 2 saturated carbocycles. The van der Waals surface area contributed by atoms with Gasteiger partial charge in [-0.3, -0.25) is 9.59 Å². The van der Waals surface area contributed by atoms with Crippen molar-refractivity contribution >= 4 is 20.1 Å². The summed E-state index contributed by atoms with van der Waals surface area (Å²) in [7, 11) is -0.173. The Morgan fingerprint density at radius 1 is 1.08 bits per heavy atom. The van der Waals surface area contributed by atoms with Crippen molar-refractivity contribution in [3.63, 3.8) is 0 Å². The van der Waals surface area contributed by atoms with Crippen LogP contribution in [0.2, 0.25) is 18.1 Å². The number of nitrogens with zero attached hydrogens (tertiary/aromatic N) is 1. The maximum atomic E-state index is 13.1. The molecule has 2 amide bonds. The van der Waals surface area contributed by atoms with Gasteiger partial charge < -0.3 is 15.1 Å². The summed E-state index contributed by atoms with van der Waals surface area (Å²) in [6.07, 6.45) is 2.57. The van der Waals surface area contributed by atoms with Crippen LogP contribution in [0.15, 0.2) is 42.5 Å². The van der Waals surface area contributed by atoms with E-state index in [4.69, 9.17) is 4.43 Å². The van der Waals surface area contributed by atoms with E-state index in [9.17, 15) is 9.59 Å². The number of pyridine rings is 1. The summed E-state index contributed by atoms with van der Waals surface area (Å²) in [6.45, 7) is 14.2. The minimum atomic E-state index is -1.75. The van der Waals surface area contributed by atoms with Gasteiger partial charge in [0.05, 0.1) is 0 Å². The van der Waals surface area contributed by atoms with Gasteiger partial charge >= 0.3 is 0 Å². The lowest BCUT2D eigenvalue weighted by Gasteiger charge is -2.39. The molecule has 5 atom stereocenters. The van der Waals surface area contributed by atoms with Crippen LogP contribution in [0, 0.1) is 17.8 Å². The fourth-order valence-corrected chi connectivity index (χ4v) is 6.67. The Labute approximate surface area is 216 Å². The van der Waals surface area contributed by atoms with Crippen molar-refractivity contribution in [3.05, 3.63) is 65.0 Å². The molecule has 2 fully saturated rings. The van der Waals surface area contributed by atoms with Gasteiger partial charge in [0.1, 0.15) is 5.69 Å². The van der Waals surface area contributed by atoms with Gasteiger partial charge in [-0.2, -0.15) is 0 Å². The summed E-state index contributed by atoms with van der Waals surface area (Å²) in [5.74, 6) is 1.33. The molecule has 2 aliphatic rings. The van der Waals surface area contributed by atoms with Gasteiger partial charge in [-0.15, -0.1) is 0 Å². The van der Waals surface area contributed by atoms with E-state index >= 15 is 0 Å². The fourth-order valence-electron chi connectivity index (χ4n) is 5.29. The molecular formula is C29H41N3O3Si. The van der Waals surface area contributed by atoms with Crippen molar-refractivity contribution in [2.75, 3.05) is 13.6 Å². The number of fused-ring (bicyclic) bond motifs is 1. The summed E-state index contributed by atoms with van der Waals surface area (Å²) in [4.78, 5) is 30.1. The molecule has 4 rings (SSSR count). The van der Waals surface area contributed by atoms with Crippen LogP contribution in [0.25, 0.3) is 0 Å². The minimum Gasteiger partial charge on any atom is -0.414 e. The second-order valence-electron chi connectivity index (χ2n) is 12.1. The first-order valence-electron chi connectivity index (χ1n) is 13.2. The molecule has 1 aromatic carbocycles. The van der Waals surface area contributed by atoms with Crippen molar-refractivity contribution in [2.45, 2.75) is 70.7 Å². The van der Waals surface area contributed by atoms with Crippen LogP contribution >= 0.6 is 0 Å². The number of aromatic nitrogens is 1. The molecule has 2 aliphatic carbocycles. The van der Waals surface area contributed by atoms with Gasteiger partial charge in [0, 0.05) is 36.9 Å². The average Bonchev–Trinajstić information content (AvgIpc) is 3.31. The van der Waals surface area contributed by atoms with Crippen LogP contribution in [-0.2, 0) is 4.43 Å². The van der Waals surface area contributed by atoms with Crippen molar-refractivity contribution in [1.82, 2.24) is 15.6 Å². The molecule has 0 radical (unpaired) electrons. The molecule has 0 saturated heterocycles. The van der Waals surface area contributed by atoms with Gasteiger partial charge in [-0.05, 0) is 66.4 Å². The summed E-state index contributed by atoms with van der Waals surface area (Å²) in [6, 6.07) is 13.4. The average molecular weight is 508 g/mol. The number of carbonyl (C=O) groups excluding carboxylic acids is 2. The van der Waals surface area contributed by atoms with Crippen LogP contribution in [0.1, 0.15) is 78.6 Å². The van der Waals surface area contributed by atoms with E-state index in [1.807, 2.05) is 43.3 Å². The molecule has 1 aromatic heterocycles. The SMILES string of the molecule is CNC(=O)c1cc(C(=O)NC[C@@H]2[C@H]3CC(O[Si](C)(C)C(C)(C)C)C[C@@H]23)cc([C@@H](C)c2ccccc2)n1. The number of hydrogen-bond donors (Lipinski definition) is 2. The van der Waals surface area contributed by atoms with Gasteiger partial charge in [0.15, 0.2) is 8.32 Å². The van der Waals surface area contributed by atoms with E-state index in [-0.39, 0.29) is 28.5 Å². The largest absolute Gasteiger partial charge is 0.414 e. The molecule has 2 N–H and O–H groups in total. The maximum absolute atomic E-state index is 13.1. The number of carbonyl (C=O) groups is 2. The first-order valence-corrected chi connectivity index (χ1v) is 16.1. The van der Waals surface area contributed by atoms with Gasteiger partial charge in [0.25, 0.3) is 11.8 Å². The smallest absolute Gasteiger partial charge is 0.269 e. The zero-order chi connectivity index (χ0) is 26.3. The lowest BCUT2D eigenvalue weighted by atomic mass is 9.96. The van der Waals surface area contributed by atoms with Crippen LogP contribution in [0.3, 0.4) is 0 Å². The van der Waals surface area contributed by atoms with Gasteiger partial charge in [-0.1, -0.05) is 58.0 Å². The third-order valence-corrected chi connectivity index (χ3v) is 13.2. The highest BCUT2D eigenvalue weighted by atomic mass is 28.4. The quantitative estimate of drug-likeness (QED) is 0.471. The number of amides is 2. The Hall–Kier alpha value is -2.51. The highest BCUT2D eigenvalue weighted by molar-refractivity contribution is 6.74. The first kappa shape index (κ1) is 26.5. The molecule has 6 nitrogen and oxygen atoms in total. The summed E-state index contributed by atoms with van der Waals surface area (Å²) >= 11 is 0. The summed E-state index contributed by atoms with van der Waals surface area (Å²) in [5, 5.41) is 5.99. The topological polar surface area (TPSA) is 80.3 Å². The molecule has 7 heteroatoms. The first-order chi connectivity index (χ1) is 16.9. The van der Waals surface area contributed by atoms with E-state index in [2.05, 4.69) is 49.5 Å². The highest BCUT2D eigenvalue weighted by Gasteiger charge is 2.57. The maximum Gasteiger partial charge on any atom is 0.269 e. The van der Waals surface area contributed by atoms with Crippen molar-refractivity contribution in [1.29, 1.82) is 0 Å². The van der Waals surface area contributed by atoms with Crippen molar-refractivity contribution < 1.29 is 14.0 Å². The van der Waals surface area contributed by atoms with Crippen molar-refractivity contribution in [2.24, 2.45) is 17.8 Å². The Morgan fingerprint density at radius 3 is 2.31 bits per heavy atom. The Balaban J connectivity index is 1.38. The number of nitrogens with one attached hydrogen (secondary N) is 2. The zero-order valence-corrected chi connectivity index (χ0v) is 23.7. The van der Waals surface area contributed by atoms with E-state index in [1.54, 1.807) is 13.1 Å². The van der Waals surface area contributed by atoms with Crippen LogP contribution < -0.4 is 10.6 Å². The normalized spacial score (nSPS) is 24.1. The number of rotatable bonds is 8. The molecule has 0 bridgehead atoms. The molecule has 194 valence electrons. The summed E-state index contributed by atoms with van der Waals surface area (Å²) < 4.78 is 6.63. The summed E-state index contributed by atoms with van der Waals surface area (Å²) in [5.41, 5.74) is 2.54. The monoisotopic (exact) mass is 507 g/mol.